The highest BCUT2D eigenvalue weighted by Crippen LogP contribution is 2.43. The summed E-state index contributed by atoms with van der Waals surface area (Å²) >= 11 is 3.89. The first-order chi connectivity index (χ1) is 11.0. The standard InChI is InChI=1S/C17H23NO3S2/c1-3-12(2)18(11-15(19)20)16(21)13-5-7-14(8-6-13)17-22-9-4-10-23-17/h5-8,12,17H,3-4,9-11H2,1-2H3,(H,19,20). The molecule has 0 radical (unpaired) electrons. The van der Waals surface area contributed by atoms with E-state index in [1.54, 1.807) is 0 Å². The minimum atomic E-state index is -0.981. The first-order valence-corrected chi connectivity index (χ1v) is 9.98. The van der Waals surface area contributed by atoms with E-state index in [-0.39, 0.29) is 18.5 Å². The van der Waals surface area contributed by atoms with Gasteiger partial charge in [0.15, 0.2) is 0 Å². The van der Waals surface area contributed by atoms with Gasteiger partial charge >= 0.3 is 5.97 Å². The van der Waals surface area contributed by atoms with Gasteiger partial charge in [-0.15, -0.1) is 23.5 Å². The highest BCUT2D eigenvalue weighted by Gasteiger charge is 2.23. The number of benzene rings is 1. The van der Waals surface area contributed by atoms with E-state index in [1.807, 2.05) is 61.6 Å². The second-order valence-electron chi connectivity index (χ2n) is 5.63. The van der Waals surface area contributed by atoms with Gasteiger partial charge in [0.05, 0.1) is 4.58 Å². The second-order valence-corrected chi connectivity index (χ2v) is 8.36. The summed E-state index contributed by atoms with van der Waals surface area (Å²) in [5, 5.41) is 9.04. The number of rotatable bonds is 6. The van der Waals surface area contributed by atoms with Crippen molar-refractivity contribution in [3.63, 3.8) is 0 Å². The predicted molar refractivity (Wildman–Crippen MR) is 97.1 cm³/mol. The lowest BCUT2D eigenvalue weighted by Crippen LogP contribution is -2.41. The Morgan fingerprint density at radius 2 is 1.87 bits per heavy atom. The third-order valence-electron chi connectivity index (χ3n) is 3.95. The van der Waals surface area contributed by atoms with Crippen LogP contribution in [0.3, 0.4) is 0 Å². The Hall–Kier alpha value is -1.14. The van der Waals surface area contributed by atoms with Crippen molar-refractivity contribution in [1.82, 2.24) is 4.90 Å². The summed E-state index contributed by atoms with van der Waals surface area (Å²) in [4.78, 5) is 25.1. The minimum absolute atomic E-state index is 0.0947. The van der Waals surface area contributed by atoms with Crippen LogP contribution in [0.25, 0.3) is 0 Å². The maximum atomic E-state index is 12.6. The van der Waals surface area contributed by atoms with Crippen LogP contribution in [0.5, 0.6) is 0 Å². The molecular formula is C17H23NO3S2. The van der Waals surface area contributed by atoms with Gasteiger partial charge in [-0.05, 0) is 49.0 Å². The Bertz CT molecular complexity index is 541. The monoisotopic (exact) mass is 353 g/mol. The molecule has 1 saturated heterocycles. The van der Waals surface area contributed by atoms with Crippen LogP contribution in [0.1, 0.15) is 47.2 Å². The molecule has 1 fully saturated rings. The number of carboxylic acids is 1. The van der Waals surface area contributed by atoms with Gasteiger partial charge in [0.25, 0.3) is 5.91 Å². The number of aliphatic carboxylic acids is 1. The lowest BCUT2D eigenvalue weighted by molar-refractivity contribution is -0.138. The van der Waals surface area contributed by atoms with Gasteiger partial charge in [-0.3, -0.25) is 9.59 Å². The number of nitrogens with zero attached hydrogens (tertiary/aromatic N) is 1. The van der Waals surface area contributed by atoms with Crippen LogP contribution in [0.4, 0.5) is 0 Å². The summed E-state index contributed by atoms with van der Waals surface area (Å²) in [6.07, 6.45) is 1.98. The van der Waals surface area contributed by atoms with E-state index in [0.29, 0.717) is 10.1 Å². The molecule has 0 saturated carbocycles. The largest absolute Gasteiger partial charge is 0.480 e. The average molecular weight is 354 g/mol. The molecule has 0 bridgehead atoms. The van der Waals surface area contributed by atoms with E-state index in [9.17, 15) is 9.59 Å². The molecule has 2 rings (SSSR count). The lowest BCUT2D eigenvalue weighted by Gasteiger charge is -2.27. The molecular weight excluding hydrogens is 330 g/mol. The smallest absolute Gasteiger partial charge is 0.323 e. The molecule has 1 unspecified atom stereocenters. The van der Waals surface area contributed by atoms with Crippen LogP contribution in [-0.2, 0) is 4.79 Å². The SMILES string of the molecule is CCC(C)N(CC(=O)O)C(=O)c1ccc(C2SCCCS2)cc1. The van der Waals surface area contributed by atoms with E-state index in [2.05, 4.69) is 0 Å². The van der Waals surface area contributed by atoms with Crippen LogP contribution >= 0.6 is 23.5 Å². The van der Waals surface area contributed by atoms with Crippen molar-refractivity contribution in [2.75, 3.05) is 18.1 Å². The summed E-state index contributed by atoms with van der Waals surface area (Å²) in [5.41, 5.74) is 1.78. The van der Waals surface area contributed by atoms with Crippen molar-refractivity contribution in [3.8, 4) is 0 Å². The number of carbonyl (C=O) groups excluding carboxylic acids is 1. The zero-order valence-electron chi connectivity index (χ0n) is 13.5. The quantitative estimate of drug-likeness (QED) is 0.841. The molecule has 1 aliphatic heterocycles. The first-order valence-electron chi connectivity index (χ1n) is 7.88. The number of hydrogen-bond donors (Lipinski definition) is 1. The zero-order chi connectivity index (χ0) is 16.8. The Morgan fingerprint density at radius 3 is 2.39 bits per heavy atom. The molecule has 1 atom stereocenters. The van der Waals surface area contributed by atoms with E-state index >= 15 is 0 Å². The van der Waals surface area contributed by atoms with Gasteiger partial charge < -0.3 is 10.0 Å². The van der Waals surface area contributed by atoms with Crippen LogP contribution in [0, 0.1) is 0 Å². The van der Waals surface area contributed by atoms with Crippen LogP contribution in [0.15, 0.2) is 24.3 Å². The predicted octanol–water partition coefficient (Wildman–Crippen LogP) is 3.88. The molecule has 6 heteroatoms. The number of carbonyl (C=O) groups is 2. The van der Waals surface area contributed by atoms with Gasteiger partial charge in [0.2, 0.25) is 0 Å². The van der Waals surface area contributed by atoms with Crippen molar-refractivity contribution in [1.29, 1.82) is 0 Å². The van der Waals surface area contributed by atoms with Crippen molar-refractivity contribution in [3.05, 3.63) is 35.4 Å². The topological polar surface area (TPSA) is 57.6 Å². The second kappa shape index (κ2) is 8.64. The van der Waals surface area contributed by atoms with Crippen LogP contribution in [-0.4, -0.2) is 46.0 Å². The third-order valence-corrected chi connectivity index (χ3v) is 6.96. The van der Waals surface area contributed by atoms with Crippen molar-refractivity contribution in [2.45, 2.75) is 37.3 Å². The zero-order valence-corrected chi connectivity index (χ0v) is 15.2. The maximum absolute atomic E-state index is 12.6. The summed E-state index contributed by atoms with van der Waals surface area (Å²) in [7, 11) is 0. The fourth-order valence-electron chi connectivity index (χ4n) is 2.42. The van der Waals surface area contributed by atoms with Crippen LogP contribution < -0.4 is 0 Å². The highest BCUT2D eigenvalue weighted by molar-refractivity contribution is 8.16. The third kappa shape index (κ3) is 4.91. The summed E-state index contributed by atoms with van der Waals surface area (Å²) in [5.74, 6) is 1.17. The Labute approximate surface area is 146 Å². The normalized spacial score (nSPS) is 16.8. The molecule has 23 heavy (non-hydrogen) atoms. The highest BCUT2D eigenvalue weighted by atomic mass is 32.2. The first kappa shape index (κ1) is 18.2. The summed E-state index contributed by atoms with van der Waals surface area (Å²) in [6, 6.07) is 7.55. The number of hydrogen-bond acceptors (Lipinski definition) is 4. The lowest BCUT2D eigenvalue weighted by atomic mass is 10.1. The molecule has 0 aliphatic carbocycles. The molecule has 126 valence electrons. The van der Waals surface area contributed by atoms with Gasteiger partial charge in [-0.1, -0.05) is 19.1 Å². The molecule has 0 spiro atoms. The molecule has 1 aromatic rings. The van der Waals surface area contributed by atoms with E-state index in [4.69, 9.17) is 5.11 Å². The summed E-state index contributed by atoms with van der Waals surface area (Å²) in [6.45, 7) is 3.57. The fraction of sp³-hybridized carbons (Fsp3) is 0.529. The Morgan fingerprint density at radius 1 is 1.26 bits per heavy atom. The van der Waals surface area contributed by atoms with Crippen molar-refractivity contribution in [2.24, 2.45) is 0 Å². The van der Waals surface area contributed by atoms with E-state index in [0.717, 1.165) is 6.42 Å². The number of thioether (sulfide) groups is 2. The fourth-order valence-corrected chi connectivity index (χ4v) is 5.32. The maximum Gasteiger partial charge on any atom is 0.323 e. The Kier molecular flexibility index (Phi) is 6.84. The molecule has 1 N–H and O–H groups in total. The van der Waals surface area contributed by atoms with E-state index < -0.39 is 5.97 Å². The number of amides is 1. The van der Waals surface area contributed by atoms with Crippen LogP contribution in [0.2, 0.25) is 0 Å². The Balaban J connectivity index is 2.12. The molecule has 1 heterocycles. The van der Waals surface area contributed by atoms with E-state index in [1.165, 1.54) is 28.4 Å². The van der Waals surface area contributed by atoms with Gasteiger partial charge in [0, 0.05) is 11.6 Å². The van der Waals surface area contributed by atoms with Gasteiger partial charge in [0.1, 0.15) is 6.54 Å². The molecule has 0 aromatic heterocycles. The average Bonchev–Trinajstić information content (AvgIpc) is 2.59. The molecule has 1 aliphatic rings. The number of carboxylic acid groups (broad SMARTS) is 1. The van der Waals surface area contributed by atoms with Crippen molar-refractivity contribution >= 4 is 35.4 Å². The summed E-state index contributed by atoms with van der Waals surface area (Å²) < 4.78 is 0.442. The minimum Gasteiger partial charge on any atom is -0.480 e. The van der Waals surface area contributed by atoms with Gasteiger partial charge in [-0.25, -0.2) is 0 Å². The molecule has 1 amide bonds. The molecule has 4 nitrogen and oxygen atoms in total. The van der Waals surface area contributed by atoms with Crippen molar-refractivity contribution < 1.29 is 14.7 Å². The molecule has 1 aromatic carbocycles. The van der Waals surface area contributed by atoms with Gasteiger partial charge in [-0.2, -0.15) is 0 Å².